The van der Waals surface area contributed by atoms with Crippen LogP contribution in [0.1, 0.15) is 17.3 Å². The minimum atomic E-state index is -0.441. The van der Waals surface area contributed by atoms with Crippen LogP contribution >= 0.6 is 0 Å². The Bertz CT molecular complexity index is 332. The lowest BCUT2D eigenvalue weighted by atomic mass is 10.2. The van der Waals surface area contributed by atoms with Gasteiger partial charge in [-0.3, -0.25) is 0 Å². The highest BCUT2D eigenvalue weighted by Crippen LogP contribution is 2.01. The standard InChI is InChI=1S/C10H11NO3/c1-8(11-13-2)14-10(12)9-6-4-3-5-7-9/h3-7H,1-2H3. The Morgan fingerprint density at radius 1 is 1.29 bits per heavy atom. The Morgan fingerprint density at radius 2 is 1.93 bits per heavy atom. The highest BCUT2D eigenvalue weighted by Gasteiger charge is 2.07. The quantitative estimate of drug-likeness (QED) is 0.311. The van der Waals surface area contributed by atoms with Crippen molar-refractivity contribution in [1.82, 2.24) is 0 Å². The number of hydrogen-bond donors (Lipinski definition) is 0. The highest BCUT2D eigenvalue weighted by atomic mass is 16.6. The smallest absolute Gasteiger partial charge is 0.344 e. The van der Waals surface area contributed by atoms with E-state index in [2.05, 4.69) is 9.99 Å². The Morgan fingerprint density at radius 3 is 2.50 bits per heavy atom. The molecule has 0 spiro atoms. The number of ether oxygens (including phenoxy) is 1. The molecule has 1 rings (SSSR count). The molecule has 0 aliphatic heterocycles. The largest absolute Gasteiger partial charge is 0.405 e. The van der Waals surface area contributed by atoms with Gasteiger partial charge in [0.25, 0.3) is 0 Å². The highest BCUT2D eigenvalue weighted by molar-refractivity contribution is 5.97. The molecule has 74 valence electrons. The number of carbonyl (C=O) groups excluding carboxylic acids is 1. The number of carbonyl (C=O) groups is 1. The third-order valence-corrected chi connectivity index (χ3v) is 1.47. The van der Waals surface area contributed by atoms with Crippen LogP contribution in [-0.2, 0) is 9.57 Å². The lowest BCUT2D eigenvalue weighted by molar-refractivity contribution is 0.0700. The molecule has 0 aliphatic rings. The van der Waals surface area contributed by atoms with Gasteiger partial charge in [-0.1, -0.05) is 23.4 Å². The molecule has 0 N–H and O–H groups in total. The Hall–Kier alpha value is -1.84. The van der Waals surface area contributed by atoms with Crippen molar-refractivity contribution in [3.63, 3.8) is 0 Å². The van der Waals surface area contributed by atoms with Gasteiger partial charge in [-0.15, -0.1) is 0 Å². The first-order chi connectivity index (χ1) is 6.74. The van der Waals surface area contributed by atoms with Crippen LogP contribution < -0.4 is 0 Å². The number of oxime groups is 1. The predicted octanol–water partition coefficient (Wildman–Crippen LogP) is 1.82. The van der Waals surface area contributed by atoms with Gasteiger partial charge in [0.15, 0.2) is 0 Å². The van der Waals surface area contributed by atoms with Crippen molar-refractivity contribution in [3.8, 4) is 0 Å². The van der Waals surface area contributed by atoms with Crippen molar-refractivity contribution >= 4 is 11.9 Å². The van der Waals surface area contributed by atoms with Crippen LogP contribution in [-0.4, -0.2) is 19.0 Å². The molecule has 0 saturated carbocycles. The molecular formula is C10H11NO3. The van der Waals surface area contributed by atoms with Crippen LogP contribution in [0.5, 0.6) is 0 Å². The lowest BCUT2D eigenvalue weighted by Crippen LogP contribution is -2.09. The predicted molar refractivity (Wildman–Crippen MR) is 52.0 cm³/mol. The first kappa shape index (κ1) is 10.2. The molecule has 1 aromatic carbocycles. The maximum absolute atomic E-state index is 11.4. The minimum Gasteiger partial charge on any atom is -0.405 e. The van der Waals surface area contributed by atoms with Crippen molar-refractivity contribution < 1.29 is 14.4 Å². The molecule has 14 heavy (non-hydrogen) atoms. The zero-order valence-corrected chi connectivity index (χ0v) is 8.06. The van der Waals surface area contributed by atoms with E-state index in [1.165, 1.54) is 7.11 Å². The van der Waals surface area contributed by atoms with E-state index < -0.39 is 5.97 Å². The van der Waals surface area contributed by atoms with Gasteiger partial charge in [-0.25, -0.2) is 4.79 Å². The van der Waals surface area contributed by atoms with Gasteiger partial charge in [0.1, 0.15) is 7.11 Å². The van der Waals surface area contributed by atoms with E-state index in [9.17, 15) is 4.79 Å². The minimum absolute atomic E-state index is 0.182. The van der Waals surface area contributed by atoms with Crippen LogP contribution in [0.15, 0.2) is 35.5 Å². The van der Waals surface area contributed by atoms with Gasteiger partial charge >= 0.3 is 5.97 Å². The molecule has 0 radical (unpaired) electrons. The van der Waals surface area contributed by atoms with Crippen molar-refractivity contribution in [3.05, 3.63) is 35.9 Å². The summed E-state index contributed by atoms with van der Waals surface area (Å²) in [6.07, 6.45) is 0. The second-order valence-electron chi connectivity index (χ2n) is 2.55. The van der Waals surface area contributed by atoms with Crippen molar-refractivity contribution in [2.24, 2.45) is 5.16 Å². The number of nitrogens with zero attached hydrogens (tertiary/aromatic N) is 1. The van der Waals surface area contributed by atoms with Gasteiger partial charge in [0.05, 0.1) is 5.56 Å². The molecule has 4 heteroatoms. The molecule has 0 atom stereocenters. The van der Waals surface area contributed by atoms with E-state index in [-0.39, 0.29) is 5.90 Å². The summed E-state index contributed by atoms with van der Waals surface area (Å²) < 4.78 is 4.86. The van der Waals surface area contributed by atoms with E-state index in [1.807, 2.05) is 6.07 Å². The van der Waals surface area contributed by atoms with Crippen LogP contribution in [0.3, 0.4) is 0 Å². The third-order valence-electron chi connectivity index (χ3n) is 1.47. The SMILES string of the molecule is CON=C(C)OC(=O)c1ccccc1. The Labute approximate surface area is 82.1 Å². The molecule has 0 heterocycles. The van der Waals surface area contributed by atoms with Crippen molar-refractivity contribution in [1.29, 1.82) is 0 Å². The first-order valence-electron chi connectivity index (χ1n) is 4.09. The van der Waals surface area contributed by atoms with Gasteiger partial charge in [0, 0.05) is 6.92 Å². The molecule has 1 aromatic rings. The van der Waals surface area contributed by atoms with E-state index in [1.54, 1.807) is 31.2 Å². The maximum Gasteiger partial charge on any atom is 0.344 e. The summed E-state index contributed by atoms with van der Waals surface area (Å²) in [4.78, 5) is 15.8. The molecule has 0 saturated heterocycles. The summed E-state index contributed by atoms with van der Waals surface area (Å²) in [7, 11) is 1.39. The lowest BCUT2D eigenvalue weighted by Gasteiger charge is -2.01. The second-order valence-corrected chi connectivity index (χ2v) is 2.55. The summed E-state index contributed by atoms with van der Waals surface area (Å²) in [6.45, 7) is 1.55. The van der Waals surface area contributed by atoms with Crippen LogP contribution in [0.25, 0.3) is 0 Å². The summed E-state index contributed by atoms with van der Waals surface area (Å²) in [5, 5.41) is 3.46. The van der Waals surface area contributed by atoms with E-state index in [0.717, 1.165) is 0 Å². The second kappa shape index (κ2) is 5.01. The number of rotatable bonds is 2. The number of esters is 1. The Kier molecular flexibility index (Phi) is 3.67. The van der Waals surface area contributed by atoms with Crippen LogP contribution in [0, 0.1) is 0 Å². The molecule has 0 aromatic heterocycles. The molecule has 4 nitrogen and oxygen atoms in total. The van der Waals surface area contributed by atoms with Gasteiger partial charge in [-0.2, -0.15) is 0 Å². The zero-order chi connectivity index (χ0) is 10.4. The van der Waals surface area contributed by atoms with Crippen molar-refractivity contribution in [2.45, 2.75) is 6.92 Å². The normalized spacial score (nSPS) is 10.9. The fraction of sp³-hybridized carbons (Fsp3) is 0.200. The van der Waals surface area contributed by atoms with Gasteiger partial charge < -0.3 is 9.57 Å². The monoisotopic (exact) mass is 193 g/mol. The topological polar surface area (TPSA) is 47.9 Å². The van der Waals surface area contributed by atoms with E-state index >= 15 is 0 Å². The molecule has 0 unspecified atom stereocenters. The number of hydrogen-bond acceptors (Lipinski definition) is 4. The summed E-state index contributed by atoms with van der Waals surface area (Å²) in [5.74, 6) is -0.259. The summed E-state index contributed by atoms with van der Waals surface area (Å²) >= 11 is 0. The number of benzene rings is 1. The van der Waals surface area contributed by atoms with Crippen LogP contribution in [0.4, 0.5) is 0 Å². The summed E-state index contributed by atoms with van der Waals surface area (Å²) in [6, 6.07) is 8.69. The van der Waals surface area contributed by atoms with E-state index in [4.69, 9.17) is 4.74 Å². The fourth-order valence-electron chi connectivity index (χ4n) is 0.915. The first-order valence-corrected chi connectivity index (χ1v) is 4.09. The van der Waals surface area contributed by atoms with Gasteiger partial charge in [0.2, 0.25) is 5.90 Å². The average molecular weight is 193 g/mol. The Balaban J connectivity index is 2.64. The van der Waals surface area contributed by atoms with Crippen molar-refractivity contribution in [2.75, 3.05) is 7.11 Å². The molecule has 0 bridgehead atoms. The maximum atomic E-state index is 11.4. The van der Waals surface area contributed by atoms with Crippen LogP contribution in [0.2, 0.25) is 0 Å². The molecular weight excluding hydrogens is 182 g/mol. The van der Waals surface area contributed by atoms with Gasteiger partial charge in [-0.05, 0) is 12.1 Å². The molecule has 0 amide bonds. The average Bonchev–Trinajstić information content (AvgIpc) is 2.19. The summed E-state index contributed by atoms with van der Waals surface area (Å²) in [5.41, 5.74) is 0.484. The zero-order valence-electron chi connectivity index (χ0n) is 8.06. The molecule has 0 aliphatic carbocycles. The fourth-order valence-corrected chi connectivity index (χ4v) is 0.915. The molecule has 0 fully saturated rings. The van der Waals surface area contributed by atoms with E-state index in [0.29, 0.717) is 5.56 Å². The third kappa shape index (κ3) is 2.90.